The van der Waals surface area contributed by atoms with Gasteiger partial charge in [-0.25, -0.2) is 0 Å². The normalized spacial score (nSPS) is 36.8. The first-order valence-electron chi connectivity index (χ1n) is 4.50. The van der Waals surface area contributed by atoms with Crippen LogP contribution >= 0.6 is 0 Å². The summed E-state index contributed by atoms with van der Waals surface area (Å²) in [6.07, 6.45) is 6.56. The topological polar surface area (TPSA) is 17.1 Å². The zero-order valence-electron chi connectivity index (χ0n) is 6.97. The van der Waals surface area contributed by atoms with Gasteiger partial charge in [0.05, 0.1) is 0 Å². The second kappa shape index (κ2) is 2.47. The number of ketones is 1. The highest BCUT2D eigenvalue weighted by Gasteiger charge is 2.31. The lowest BCUT2D eigenvalue weighted by atomic mass is 9.79. The van der Waals surface area contributed by atoms with Crippen LogP contribution in [0.3, 0.4) is 0 Å². The lowest BCUT2D eigenvalue weighted by Gasteiger charge is -2.24. The molecule has 0 aromatic carbocycles. The molecule has 1 nitrogen and oxygen atoms in total. The molecule has 0 bridgehead atoms. The van der Waals surface area contributed by atoms with E-state index in [0.29, 0.717) is 17.6 Å². The van der Waals surface area contributed by atoms with Gasteiger partial charge in [-0.2, -0.15) is 0 Å². The summed E-state index contributed by atoms with van der Waals surface area (Å²) in [5.74, 6) is 1.68. The Kier molecular flexibility index (Phi) is 1.59. The number of allylic oxidation sites excluding steroid dienone is 2. The van der Waals surface area contributed by atoms with Crippen LogP contribution in [-0.4, -0.2) is 5.78 Å². The highest BCUT2D eigenvalue weighted by Crippen LogP contribution is 2.37. The van der Waals surface area contributed by atoms with Crippen LogP contribution < -0.4 is 0 Å². The van der Waals surface area contributed by atoms with Crippen molar-refractivity contribution in [2.45, 2.75) is 32.6 Å². The first-order chi connectivity index (χ1) is 5.27. The molecule has 1 heteroatoms. The second-order valence-corrected chi connectivity index (χ2v) is 3.90. The van der Waals surface area contributed by atoms with Crippen LogP contribution in [0.1, 0.15) is 32.6 Å². The number of carbonyl (C=O) groups excluding carboxylic acids is 1. The third-order valence-electron chi connectivity index (χ3n) is 2.86. The van der Waals surface area contributed by atoms with Gasteiger partial charge in [-0.3, -0.25) is 4.79 Å². The average molecular weight is 150 g/mol. The lowest BCUT2D eigenvalue weighted by Crippen LogP contribution is -2.21. The van der Waals surface area contributed by atoms with Crippen molar-refractivity contribution in [3.05, 3.63) is 11.6 Å². The lowest BCUT2D eigenvalue weighted by molar-refractivity contribution is -0.118. The fourth-order valence-corrected chi connectivity index (χ4v) is 2.35. The van der Waals surface area contributed by atoms with Crippen molar-refractivity contribution in [3.63, 3.8) is 0 Å². The SMILES string of the molecule is C[C@@H]1CC(=O)C2=CCC[C@@H]2C1. The van der Waals surface area contributed by atoms with Crippen molar-refractivity contribution in [1.29, 1.82) is 0 Å². The number of hydrogen-bond donors (Lipinski definition) is 0. The summed E-state index contributed by atoms with van der Waals surface area (Å²) in [5.41, 5.74) is 1.16. The molecule has 0 unspecified atom stereocenters. The maximum atomic E-state index is 11.4. The molecule has 0 aromatic rings. The molecule has 0 saturated heterocycles. The summed E-state index contributed by atoms with van der Waals surface area (Å²) in [6.45, 7) is 2.19. The second-order valence-electron chi connectivity index (χ2n) is 3.90. The molecule has 1 saturated carbocycles. The van der Waals surface area contributed by atoms with Gasteiger partial charge in [0.1, 0.15) is 0 Å². The van der Waals surface area contributed by atoms with Crippen LogP contribution in [0.5, 0.6) is 0 Å². The zero-order chi connectivity index (χ0) is 7.84. The predicted molar refractivity (Wildman–Crippen MR) is 44.2 cm³/mol. The van der Waals surface area contributed by atoms with Crippen LogP contribution in [0.2, 0.25) is 0 Å². The van der Waals surface area contributed by atoms with Gasteiger partial charge < -0.3 is 0 Å². The van der Waals surface area contributed by atoms with E-state index in [0.717, 1.165) is 18.4 Å². The molecule has 0 spiro atoms. The summed E-state index contributed by atoms with van der Waals surface area (Å²) in [6, 6.07) is 0. The van der Waals surface area contributed by atoms with E-state index in [2.05, 4.69) is 13.0 Å². The molecule has 1 fully saturated rings. The highest BCUT2D eigenvalue weighted by atomic mass is 16.1. The molecule has 60 valence electrons. The minimum absolute atomic E-state index is 0.422. The van der Waals surface area contributed by atoms with Crippen LogP contribution in [0.15, 0.2) is 11.6 Å². The molecule has 0 heterocycles. The molecule has 0 radical (unpaired) electrons. The molecule has 11 heavy (non-hydrogen) atoms. The molecular formula is C10H14O. The van der Waals surface area contributed by atoms with Crippen molar-refractivity contribution >= 4 is 5.78 Å². The fraction of sp³-hybridized carbons (Fsp3) is 0.700. The van der Waals surface area contributed by atoms with Crippen molar-refractivity contribution in [2.75, 3.05) is 0 Å². The Balaban J connectivity index is 2.20. The van der Waals surface area contributed by atoms with Gasteiger partial charge >= 0.3 is 0 Å². The maximum absolute atomic E-state index is 11.4. The molecule has 2 atom stereocenters. The van der Waals surface area contributed by atoms with Gasteiger partial charge in [0.15, 0.2) is 5.78 Å². The summed E-state index contributed by atoms with van der Waals surface area (Å²) in [7, 11) is 0. The van der Waals surface area contributed by atoms with E-state index in [1.54, 1.807) is 0 Å². The van der Waals surface area contributed by atoms with Crippen LogP contribution in [0, 0.1) is 11.8 Å². The summed E-state index contributed by atoms with van der Waals surface area (Å²) >= 11 is 0. The Morgan fingerprint density at radius 2 is 2.36 bits per heavy atom. The summed E-state index contributed by atoms with van der Waals surface area (Å²) < 4.78 is 0. The molecule has 2 aliphatic rings. The quantitative estimate of drug-likeness (QED) is 0.518. The minimum atomic E-state index is 0.422. The standard InChI is InChI=1S/C10H14O/c1-7-5-8-3-2-4-9(8)10(11)6-7/h4,7-8H,2-3,5-6H2,1H3/t7-,8+/m0/s1. The smallest absolute Gasteiger partial charge is 0.159 e. The first kappa shape index (κ1) is 7.08. The summed E-state index contributed by atoms with van der Waals surface area (Å²) in [4.78, 5) is 11.4. The first-order valence-corrected chi connectivity index (χ1v) is 4.50. The highest BCUT2D eigenvalue weighted by molar-refractivity contribution is 5.97. The van der Waals surface area contributed by atoms with E-state index < -0.39 is 0 Å². The van der Waals surface area contributed by atoms with Crippen molar-refractivity contribution in [2.24, 2.45) is 11.8 Å². The van der Waals surface area contributed by atoms with Gasteiger partial charge in [0.2, 0.25) is 0 Å². The number of fused-ring (bicyclic) bond motifs is 1. The molecule has 2 aliphatic carbocycles. The van der Waals surface area contributed by atoms with E-state index in [4.69, 9.17) is 0 Å². The molecule has 2 rings (SSSR count). The maximum Gasteiger partial charge on any atom is 0.159 e. The molecule has 0 aromatic heterocycles. The number of Topliss-reactive ketones (excluding diaryl/α,β-unsaturated/α-hetero) is 1. The van der Waals surface area contributed by atoms with Gasteiger partial charge in [-0.1, -0.05) is 13.0 Å². The van der Waals surface area contributed by atoms with E-state index in [9.17, 15) is 4.79 Å². The third-order valence-corrected chi connectivity index (χ3v) is 2.86. The number of hydrogen-bond acceptors (Lipinski definition) is 1. The van der Waals surface area contributed by atoms with Crippen molar-refractivity contribution in [3.8, 4) is 0 Å². The number of rotatable bonds is 0. The van der Waals surface area contributed by atoms with Gasteiger partial charge in [0.25, 0.3) is 0 Å². The Labute approximate surface area is 67.5 Å². The van der Waals surface area contributed by atoms with Crippen molar-refractivity contribution < 1.29 is 4.79 Å². The molecule has 0 aliphatic heterocycles. The average Bonchev–Trinajstić information content (AvgIpc) is 2.34. The van der Waals surface area contributed by atoms with Crippen LogP contribution in [-0.2, 0) is 4.79 Å². The van der Waals surface area contributed by atoms with E-state index in [1.165, 1.54) is 12.8 Å². The predicted octanol–water partition coefficient (Wildman–Crippen LogP) is 2.32. The Morgan fingerprint density at radius 1 is 1.55 bits per heavy atom. The fourth-order valence-electron chi connectivity index (χ4n) is 2.35. The van der Waals surface area contributed by atoms with E-state index in [1.807, 2.05) is 0 Å². The van der Waals surface area contributed by atoms with Crippen molar-refractivity contribution in [1.82, 2.24) is 0 Å². The van der Waals surface area contributed by atoms with Gasteiger partial charge in [-0.05, 0) is 36.7 Å². The molecule has 0 N–H and O–H groups in total. The third kappa shape index (κ3) is 1.13. The van der Waals surface area contributed by atoms with E-state index >= 15 is 0 Å². The Hall–Kier alpha value is -0.590. The van der Waals surface area contributed by atoms with E-state index in [-0.39, 0.29) is 0 Å². The minimum Gasteiger partial charge on any atom is -0.295 e. The Bertz CT molecular complexity index is 215. The van der Waals surface area contributed by atoms with Gasteiger partial charge in [0, 0.05) is 6.42 Å². The van der Waals surface area contributed by atoms with Crippen LogP contribution in [0.25, 0.3) is 0 Å². The Morgan fingerprint density at radius 3 is 3.18 bits per heavy atom. The molecule has 0 amide bonds. The zero-order valence-corrected chi connectivity index (χ0v) is 6.97. The monoisotopic (exact) mass is 150 g/mol. The number of carbonyl (C=O) groups is 1. The van der Waals surface area contributed by atoms with Crippen LogP contribution in [0.4, 0.5) is 0 Å². The summed E-state index contributed by atoms with van der Waals surface area (Å²) in [5, 5.41) is 0. The van der Waals surface area contributed by atoms with Gasteiger partial charge in [-0.15, -0.1) is 0 Å². The molecular weight excluding hydrogens is 136 g/mol. The largest absolute Gasteiger partial charge is 0.295 e.